The molecule has 3 rings (SSSR count). The van der Waals surface area contributed by atoms with Crippen molar-refractivity contribution in [2.24, 2.45) is 5.92 Å². The van der Waals surface area contributed by atoms with E-state index < -0.39 is 5.97 Å². The van der Waals surface area contributed by atoms with Crippen LogP contribution in [0.3, 0.4) is 0 Å². The van der Waals surface area contributed by atoms with Crippen LogP contribution in [0.4, 0.5) is 5.82 Å². The number of hydrogen-bond acceptors (Lipinski definition) is 5. The molecule has 138 valence electrons. The van der Waals surface area contributed by atoms with E-state index in [1.54, 1.807) is 13.2 Å². The third-order valence-electron chi connectivity index (χ3n) is 4.81. The molecule has 0 bridgehead atoms. The molecule has 1 aromatic carbocycles. The van der Waals surface area contributed by atoms with Crippen LogP contribution in [0.2, 0.25) is 0 Å². The van der Waals surface area contributed by atoms with Gasteiger partial charge in [-0.3, -0.25) is 4.90 Å². The summed E-state index contributed by atoms with van der Waals surface area (Å²) in [6, 6.07) is 13.3. The number of pyridine rings is 1. The van der Waals surface area contributed by atoms with Crippen LogP contribution in [-0.4, -0.2) is 47.7 Å². The van der Waals surface area contributed by atoms with Gasteiger partial charge in [0.25, 0.3) is 0 Å². The van der Waals surface area contributed by atoms with Crippen LogP contribution in [0, 0.1) is 5.92 Å². The molecule has 6 heteroatoms. The SMILES string of the molecule is COc1ccc(CN2CCC(CNc3cccc(C(=O)O)n3)CC2)cc1. The number of nitrogens with zero attached hydrogens (tertiary/aromatic N) is 2. The first-order chi connectivity index (χ1) is 12.6. The van der Waals surface area contributed by atoms with Crippen molar-refractivity contribution in [2.75, 3.05) is 32.1 Å². The number of benzene rings is 1. The van der Waals surface area contributed by atoms with E-state index in [1.165, 1.54) is 11.6 Å². The second-order valence-electron chi connectivity index (χ2n) is 6.66. The summed E-state index contributed by atoms with van der Waals surface area (Å²) >= 11 is 0. The molecule has 0 unspecified atom stereocenters. The number of piperidine rings is 1. The molecule has 1 fully saturated rings. The molecule has 0 spiro atoms. The van der Waals surface area contributed by atoms with Gasteiger partial charge in [-0.25, -0.2) is 9.78 Å². The highest BCUT2D eigenvalue weighted by Gasteiger charge is 2.19. The molecule has 1 aromatic heterocycles. The number of rotatable bonds is 7. The van der Waals surface area contributed by atoms with Crippen molar-refractivity contribution in [1.29, 1.82) is 0 Å². The molecule has 0 saturated carbocycles. The smallest absolute Gasteiger partial charge is 0.354 e. The van der Waals surface area contributed by atoms with E-state index in [2.05, 4.69) is 27.3 Å². The molecule has 0 amide bonds. The van der Waals surface area contributed by atoms with Gasteiger partial charge in [0.2, 0.25) is 0 Å². The predicted octanol–water partition coefficient (Wildman–Crippen LogP) is 3.11. The summed E-state index contributed by atoms with van der Waals surface area (Å²) in [6.07, 6.45) is 2.25. The van der Waals surface area contributed by atoms with Gasteiger partial charge >= 0.3 is 5.97 Å². The highest BCUT2D eigenvalue weighted by Crippen LogP contribution is 2.20. The summed E-state index contributed by atoms with van der Waals surface area (Å²) in [4.78, 5) is 17.6. The Morgan fingerprint density at radius 3 is 2.62 bits per heavy atom. The summed E-state index contributed by atoms with van der Waals surface area (Å²) in [5.41, 5.74) is 1.38. The van der Waals surface area contributed by atoms with Crippen molar-refractivity contribution in [1.82, 2.24) is 9.88 Å². The Hall–Kier alpha value is -2.60. The summed E-state index contributed by atoms with van der Waals surface area (Å²) in [5.74, 6) is 1.10. The Kier molecular flexibility index (Phi) is 6.07. The quantitative estimate of drug-likeness (QED) is 0.795. The summed E-state index contributed by atoms with van der Waals surface area (Å²) in [6.45, 7) is 3.93. The molecule has 0 aliphatic carbocycles. The number of likely N-dealkylation sites (tertiary alicyclic amines) is 1. The van der Waals surface area contributed by atoms with Crippen LogP contribution >= 0.6 is 0 Å². The van der Waals surface area contributed by atoms with Gasteiger partial charge in [0.15, 0.2) is 5.69 Å². The standard InChI is InChI=1S/C20H25N3O3/c1-26-17-7-5-16(6-8-17)14-23-11-9-15(10-12-23)13-21-19-4-2-3-18(22-19)20(24)25/h2-8,15H,9-14H2,1H3,(H,21,22)(H,24,25). The lowest BCUT2D eigenvalue weighted by Gasteiger charge is -2.32. The van der Waals surface area contributed by atoms with Crippen molar-refractivity contribution < 1.29 is 14.6 Å². The largest absolute Gasteiger partial charge is 0.497 e. The number of nitrogens with one attached hydrogen (secondary N) is 1. The van der Waals surface area contributed by atoms with Crippen molar-refractivity contribution in [3.8, 4) is 5.75 Å². The van der Waals surface area contributed by atoms with Crippen molar-refractivity contribution in [2.45, 2.75) is 19.4 Å². The molecule has 2 heterocycles. The van der Waals surface area contributed by atoms with Crippen LogP contribution in [0.5, 0.6) is 5.75 Å². The van der Waals surface area contributed by atoms with Crippen molar-refractivity contribution in [3.63, 3.8) is 0 Å². The van der Waals surface area contributed by atoms with Crippen molar-refractivity contribution >= 4 is 11.8 Å². The van der Waals surface area contributed by atoms with Crippen LogP contribution < -0.4 is 10.1 Å². The van der Waals surface area contributed by atoms with E-state index in [0.717, 1.165) is 44.8 Å². The summed E-state index contributed by atoms with van der Waals surface area (Å²) < 4.78 is 5.20. The molecule has 6 nitrogen and oxygen atoms in total. The Morgan fingerprint density at radius 1 is 1.23 bits per heavy atom. The third-order valence-corrected chi connectivity index (χ3v) is 4.81. The molecule has 0 radical (unpaired) electrons. The van der Waals surface area contributed by atoms with E-state index >= 15 is 0 Å². The highest BCUT2D eigenvalue weighted by molar-refractivity contribution is 5.85. The van der Waals surface area contributed by atoms with Gasteiger partial charge < -0.3 is 15.2 Å². The minimum absolute atomic E-state index is 0.0734. The average Bonchev–Trinajstić information content (AvgIpc) is 2.68. The van der Waals surface area contributed by atoms with Gasteiger partial charge in [0.1, 0.15) is 11.6 Å². The number of carbonyl (C=O) groups is 1. The third kappa shape index (κ3) is 4.95. The van der Waals surface area contributed by atoms with Crippen molar-refractivity contribution in [3.05, 3.63) is 53.7 Å². The van der Waals surface area contributed by atoms with Crippen LogP contribution in [0.25, 0.3) is 0 Å². The van der Waals surface area contributed by atoms with Crippen LogP contribution in [-0.2, 0) is 6.54 Å². The number of carboxylic acids is 1. The van der Waals surface area contributed by atoms with E-state index in [4.69, 9.17) is 9.84 Å². The molecule has 1 aliphatic heterocycles. The van der Waals surface area contributed by atoms with Gasteiger partial charge in [-0.1, -0.05) is 18.2 Å². The maximum atomic E-state index is 11.0. The Bertz CT molecular complexity index is 725. The van der Waals surface area contributed by atoms with E-state index in [-0.39, 0.29) is 5.69 Å². The Labute approximate surface area is 153 Å². The minimum Gasteiger partial charge on any atom is -0.497 e. The second kappa shape index (κ2) is 8.67. The molecular weight excluding hydrogens is 330 g/mol. The molecule has 26 heavy (non-hydrogen) atoms. The zero-order chi connectivity index (χ0) is 18.4. The predicted molar refractivity (Wildman–Crippen MR) is 101 cm³/mol. The lowest BCUT2D eigenvalue weighted by Crippen LogP contribution is -2.35. The topological polar surface area (TPSA) is 74.7 Å². The Balaban J connectivity index is 1.43. The molecule has 1 saturated heterocycles. The molecule has 1 aliphatic rings. The monoisotopic (exact) mass is 355 g/mol. The van der Waals surface area contributed by atoms with Gasteiger partial charge in [0.05, 0.1) is 7.11 Å². The molecule has 0 atom stereocenters. The number of carboxylic acid groups (broad SMARTS) is 1. The second-order valence-corrected chi connectivity index (χ2v) is 6.66. The molecular formula is C20H25N3O3. The first kappa shape index (κ1) is 18.2. The number of hydrogen-bond donors (Lipinski definition) is 2. The lowest BCUT2D eigenvalue weighted by atomic mass is 9.96. The number of ether oxygens (including phenoxy) is 1. The van der Waals surface area contributed by atoms with E-state index in [9.17, 15) is 4.79 Å². The molecule has 2 aromatic rings. The lowest BCUT2D eigenvalue weighted by molar-refractivity contribution is 0.0690. The number of aromatic nitrogens is 1. The fourth-order valence-electron chi connectivity index (χ4n) is 3.24. The minimum atomic E-state index is -1.000. The van der Waals surface area contributed by atoms with Crippen LogP contribution in [0.1, 0.15) is 28.9 Å². The zero-order valence-electron chi connectivity index (χ0n) is 15.0. The van der Waals surface area contributed by atoms with Gasteiger partial charge in [0, 0.05) is 13.1 Å². The normalized spacial score (nSPS) is 15.6. The van der Waals surface area contributed by atoms with Gasteiger partial charge in [-0.15, -0.1) is 0 Å². The summed E-state index contributed by atoms with van der Waals surface area (Å²) in [5, 5.41) is 12.3. The highest BCUT2D eigenvalue weighted by atomic mass is 16.5. The first-order valence-corrected chi connectivity index (χ1v) is 8.93. The van der Waals surface area contributed by atoms with Gasteiger partial charge in [-0.05, 0) is 61.7 Å². The maximum absolute atomic E-state index is 11.0. The number of methoxy groups -OCH3 is 1. The Morgan fingerprint density at radius 2 is 1.96 bits per heavy atom. The fraction of sp³-hybridized carbons (Fsp3) is 0.400. The summed E-state index contributed by atoms with van der Waals surface area (Å²) in [7, 11) is 1.68. The zero-order valence-corrected chi connectivity index (χ0v) is 15.0. The van der Waals surface area contributed by atoms with Gasteiger partial charge in [-0.2, -0.15) is 0 Å². The number of anilines is 1. The maximum Gasteiger partial charge on any atom is 0.354 e. The first-order valence-electron chi connectivity index (χ1n) is 8.93. The van der Waals surface area contributed by atoms with E-state index in [0.29, 0.717) is 11.7 Å². The average molecular weight is 355 g/mol. The van der Waals surface area contributed by atoms with E-state index in [1.807, 2.05) is 18.2 Å². The molecule has 2 N–H and O–H groups in total. The fourth-order valence-corrected chi connectivity index (χ4v) is 3.24. The number of aromatic carboxylic acids is 1. The van der Waals surface area contributed by atoms with Crippen LogP contribution in [0.15, 0.2) is 42.5 Å².